The molecule has 59 heavy (non-hydrogen) atoms. The summed E-state index contributed by atoms with van der Waals surface area (Å²) in [6.45, 7) is 7.22. The number of ether oxygens (including phenoxy) is 3. The van der Waals surface area contributed by atoms with Crippen molar-refractivity contribution in [2.24, 2.45) is 57.9 Å². The molecule has 0 unspecified atom stereocenters. The summed E-state index contributed by atoms with van der Waals surface area (Å²) in [7, 11) is 1.70. The molecule has 1 heterocycles. The highest BCUT2D eigenvalue weighted by Crippen LogP contribution is 2.56. The number of methoxy groups -OCH3 is 1. The van der Waals surface area contributed by atoms with Crippen LogP contribution in [0.25, 0.3) is 11.1 Å². The molecule has 0 radical (unpaired) electrons. The lowest BCUT2D eigenvalue weighted by molar-refractivity contribution is 0.0180. The molecular formula is C49H63N3O7. The first-order chi connectivity index (χ1) is 28.5. The van der Waals surface area contributed by atoms with E-state index < -0.39 is 12.2 Å². The number of nitrogens with zero attached hydrogens (tertiary/aromatic N) is 1. The van der Waals surface area contributed by atoms with Gasteiger partial charge in [-0.15, -0.1) is 0 Å². The second-order valence-electron chi connectivity index (χ2n) is 18.2. The van der Waals surface area contributed by atoms with Crippen LogP contribution in [0.4, 0.5) is 0 Å². The van der Waals surface area contributed by atoms with Gasteiger partial charge in [0.25, 0.3) is 0 Å². The van der Waals surface area contributed by atoms with Crippen LogP contribution in [0.2, 0.25) is 0 Å². The van der Waals surface area contributed by atoms with E-state index in [-0.39, 0.29) is 54.0 Å². The van der Waals surface area contributed by atoms with Crippen LogP contribution in [-0.2, 0) is 19.3 Å². The zero-order chi connectivity index (χ0) is 41.5. The van der Waals surface area contributed by atoms with E-state index in [1.165, 1.54) is 0 Å². The van der Waals surface area contributed by atoms with Gasteiger partial charge in [0.1, 0.15) is 29.5 Å². The Bertz CT molecular complexity index is 2110. The summed E-state index contributed by atoms with van der Waals surface area (Å²) in [5.41, 5.74) is 18.3. The second kappa shape index (κ2) is 17.1. The van der Waals surface area contributed by atoms with Crippen LogP contribution in [0, 0.1) is 41.4 Å². The van der Waals surface area contributed by atoms with Crippen molar-refractivity contribution >= 4 is 5.96 Å². The Hall–Kier alpha value is -4.67. The molecule has 8 N–H and O–H groups in total. The van der Waals surface area contributed by atoms with Gasteiger partial charge in [0, 0.05) is 54.5 Å². The van der Waals surface area contributed by atoms with Gasteiger partial charge in [-0.1, -0.05) is 64.0 Å². The molecule has 10 heteroatoms. The topological polar surface area (TPSA) is 173 Å². The molecule has 0 amide bonds. The summed E-state index contributed by atoms with van der Waals surface area (Å²) in [5.74, 6) is 4.14. The van der Waals surface area contributed by atoms with Gasteiger partial charge in [0.15, 0.2) is 17.5 Å². The monoisotopic (exact) mass is 805 g/mol. The predicted molar refractivity (Wildman–Crippen MR) is 231 cm³/mol. The lowest BCUT2D eigenvalue weighted by Gasteiger charge is -2.43. The Morgan fingerprint density at radius 3 is 2.49 bits per heavy atom. The molecule has 0 saturated heterocycles. The van der Waals surface area contributed by atoms with Gasteiger partial charge in [0.05, 0.1) is 13.2 Å². The summed E-state index contributed by atoms with van der Waals surface area (Å²) in [6.07, 6.45) is 15.1. The first kappa shape index (κ1) is 41.1. The first-order valence-corrected chi connectivity index (χ1v) is 21.9. The van der Waals surface area contributed by atoms with Crippen molar-refractivity contribution < 1.29 is 34.6 Å². The van der Waals surface area contributed by atoms with E-state index in [0.29, 0.717) is 59.3 Å². The molecule has 5 aliphatic rings. The Kier molecular flexibility index (Phi) is 11.9. The molecule has 1 saturated carbocycles. The number of hydrogen-bond acceptors (Lipinski definition) is 8. The number of allylic oxidation sites excluding steroid dienone is 2. The Morgan fingerprint density at radius 1 is 0.949 bits per heavy atom. The molecule has 316 valence electrons. The third-order valence-electron chi connectivity index (χ3n) is 14.1. The molecule has 4 aliphatic carbocycles. The highest BCUT2D eigenvalue weighted by atomic mass is 16.5. The summed E-state index contributed by atoms with van der Waals surface area (Å²) in [4.78, 5) is 4.31. The molecule has 10 nitrogen and oxygen atoms in total. The van der Waals surface area contributed by atoms with E-state index in [4.69, 9.17) is 25.7 Å². The number of rotatable bonds is 12. The number of fused-ring (bicyclic) bond motifs is 7. The second-order valence-corrected chi connectivity index (χ2v) is 18.2. The van der Waals surface area contributed by atoms with Crippen LogP contribution in [-0.4, -0.2) is 58.9 Å². The minimum Gasteiger partial charge on any atom is -0.508 e. The average molecular weight is 806 g/mol. The quantitative estimate of drug-likeness (QED) is 0.0605. The van der Waals surface area contributed by atoms with Crippen LogP contribution in [0.5, 0.6) is 28.7 Å². The smallest absolute Gasteiger partial charge is 0.185 e. The first-order valence-electron chi connectivity index (χ1n) is 21.9. The number of phenols is 2. The fourth-order valence-electron chi connectivity index (χ4n) is 11.2. The number of benzene rings is 3. The Labute approximate surface area is 349 Å². The third kappa shape index (κ3) is 8.02. The zero-order valence-electron chi connectivity index (χ0n) is 35.0. The maximum atomic E-state index is 12.1. The van der Waals surface area contributed by atoms with Crippen LogP contribution in [0.1, 0.15) is 99.1 Å². The van der Waals surface area contributed by atoms with Crippen molar-refractivity contribution in [3.63, 3.8) is 0 Å². The molecular weight excluding hydrogens is 743 g/mol. The maximum absolute atomic E-state index is 12.1. The standard InChI is InChI=1S/C49H63N3O7/c1-5-27-18-30(11-9-28(27)15-16-53)36-19-33-21-40(55)34(17-26(2)3)20-37(33)46-44(57-4)24-42-38(45(36)46)23-41(56)48(58-42)31-13-14-39(54)43(22-31)59-47-29-7-6-8-35(47)32(12-10-29)25-52-49(50)51/h9-14,20-22,24,26-30,32,35-36,41,47-48,53-56H,5-8,15-19,23,25H2,1-4H3,(H4,50,51,52)/t27-,28+,29+,30-,32+,35-,36-,41-,47-,48+/m1/s1. The molecule has 8 rings (SSSR count). The van der Waals surface area contributed by atoms with Crippen molar-refractivity contribution in [1.29, 1.82) is 0 Å². The van der Waals surface area contributed by atoms with Crippen LogP contribution < -0.4 is 25.7 Å². The number of phenolic OH excluding ortho intramolecular Hbond substituents is 2. The number of aromatic hydroxyl groups is 2. The molecule has 0 spiro atoms. The van der Waals surface area contributed by atoms with Crippen LogP contribution in [0.3, 0.4) is 0 Å². The SMILES string of the molecule is CC[C@@H]1C[C@H]([C@H]2Cc3cc(O)c(CC(C)C)cc3-c3c(OC)cc4c(c32)C[C@@H](O)[C@H](c2ccc(O)c(O[C@H]3[C@@H]5CCC[C@H]3C=C[C@H]5CN=C(N)N)c2)O4)C=C[C@H]1CCO. The fourth-order valence-corrected chi connectivity index (χ4v) is 11.2. The number of nitrogens with two attached hydrogens (primary N) is 2. The normalized spacial score (nSPS) is 29.2. The number of guanidine groups is 1. The highest BCUT2D eigenvalue weighted by Gasteiger charge is 2.43. The summed E-state index contributed by atoms with van der Waals surface area (Å²) in [5, 5.41) is 44.4. The van der Waals surface area contributed by atoms with Crippen molar-refractivity contribution in [1.82, 2.24) is 0 Å². The molecule has 1 aliphatic heterocycles. The highest BCUT2D eigenvalue weighted by molar-refractivity contribution is 5.84. The predicted octanol–water partition coefficient (Wildman–Crippen LogP) is 7.87. The van der Waals surface area contributed by atoms with Crippen molar-refractivity contribution in [2.45, 2.75) is 103 Å². The lowest BCUT2D eigenvalue weighted by atomic mass is 9.65. The molecule has 10 atom stereocenters. The largest absolute Gasteiger partial charge is 0.508 e. The van der Waals surface area contributed by atoms with Gasteiger partial charge in [-0.25, -0.2) is 0 Å². The van der Waals surface area contributed by atoms with Crippen LogP contribution in [0.15, 0.2) is 65.7 Å². The summed E-state index contributed by atoms with van der Waals surface area (Å²) < 4.78 is 19.8. The number of aliphatic hydroxyl groups excluding tert-OH is 2. The van der Waals surface area contributed by atoms with Crippen LogP contribution >= 0.6 is 0 Å². The van der Waals surface area contributed by atoms with E-state index in [1.807, 2.05) is 24.3 Å². The number of aliphatic imine (C=N–C) groups is 1. The molecule has 0 aromatic heterocycles. The van der Waals surface area contributed by atoms with E-state index >= 15 is 0 Å². The fraction of sp³-hybridized carbons (Fsp3) is 0.531. The zero-order valence-corrected chi connectivity index (χ0v) is 35.0. The van der Waals surface area contributed by atoms with Gasteiger partial charge in [-0.05, 0) is 120 Å². The number of aliphatic hydroxyl groups is 2. The van der Waals surface area contributed by atoms with E-state index in [2.05, 4.69) is 56.1 Å². The summed E-state index contributed by atoms with van der Waals surface area (Å²) in [6, 6.07) is 11.4. The average Bonchev–Trinajstić information content (AvgIpc) is 3.21. The minimum atomic E-state index is -0.879. The van der Waals surface area contributed by atoms with Crippen molar-refractivity contribution in [3.05, 3.63) is 88.5 Å². The van der Waals surface area contributed by atoms with Crippen molar-refractivity contribution in [2.75, 3.05) is 20.3 Å². The Balaban J connectivity index is 1.17. The minimum absolute atomic E-state index is 0.0418. The van der Waals surface area contributed by atoms with E-state index in [0.717, 1.165) is 84.7 Å². The third-order valence-corrected chi connectivity index (χ3v) is 14.1. The van der Waals surface area contributed by atoms with Gasteiger partial charge >= 0.3 is 0 Å². The van der Waals surface area contributed by atoms with Gasteiger partial charge < -0.3 is 46.1 Å². The van der Waals surface area contributed by atoms with Gasteiger partial charge in [-0.2, -0.15) is 0 Å². The molecule has 1 fully saturated rings. The van der Waals surface area contributed by atoms with E-state index in [9.17, 15) is 20.4 Å². The van der Waals surface area contributed by atoms with Gasteiger partial charge in [-0.3, -0.25) is 4.99 Å². The summed E-state index contributed by atoms with van der Waals surface area (Å²) >= 11 is 0. The lowest BCUT2D eigenvalue weighted by Crippen LogP contribution is -2.44. The van der Waals surface area contributed by atoms with Gasteiger partial charge in [0.2, 0.25) is 0 Å². The number of hydrogen-bond donors (Lipinski definition) is 6. The Morgan fingerprint density at radius 2 is 1.75 bits per heavy atom. The molecule has 2 bridgehead atoms. The molecule has 3 aromatic carbocycles. The van der Waals surface area contributed by atoms with Crippen molar-refractivity contribution in [3.8, 4) is 39.9 Å². The maximum Gasteiger partial charge on any atom is 0.185 e. The van der Waals surface area contributed by atoms with E-state index in [1.54, 1.807) is 13.2 Å². The molecule has 3 aromatic rings.